The Labute approximate surface area is 157 Å². The molecule has 0 unspecified atom stereocenters. The van der Waals surface area contributed by atoms with E-state index in [0.717, 1.165) is 24.4 Å². The zero-order chi connectivity index (χ0) is 18.6. The molecule has 6 nitrogen and oxygen atoms in total. The molecule has 0 radical (unpaired) electrons. The van der Waals surface area contributed by atoms with Crippen molar-refractivity contribution in [3.8, 4) is 0 Å². The highest BCUT2D eigenvalue weighted by molar-refractivity contribution is 5.91. The van der Waals surface area contributed by atoms with Gasteiger partial charge >= 0.3 is 0 Å². The number of nitrogens with zero attached hydrogens (tertiary/aromatic N) is 3. The number of carbonyl (C=O) groups is 1. The summed E-state index contributed by atoms with van der Waals surface area (Å²) in [5.74, 6) is 0.801. The number of amides is 1. The molecule has 1 saturated heterocycles. The van der Waals surface area contributed by atoms with Crippen LogP contribution in [0, 0.1) is 0 Å². The quantitative estimate of drug-likeness (QED) is 0.775. The first-order valence-corrected chi connectivity index (χ1v) is 9.30. The first kappa shape index (κ1) is 17.3. The first-order chi connectivity index (χ1) is 13.2. The highest BCUT2D eigenvalue weighted by atomic mass is 16.2. The molecule has 138 valence electrons. The number of para-hydroxylation sites is 1. The zero-order valence-corrected chi connectivity index (χ0v) is 15.1. The second kappa shape index (κ2) is 7.61. The van der Waals surface area contributed by atoms with Crippen molar-refractivity contribution >= 4 is 28.3 Å². The van der Waals surface area contributed by atoms with Gasteiger partial charge in [0.25, 0.3) is 0 Å². The number of nitrogens with one attached hydrogen (secondary N) is 1. The molecule has 4 rings (SSSR count). The zero-order valence-electron chi connectivity index (χ0n) is 15.1. The molecule has 1 fully saturated rings. The summed E-state index contributed by atoms with van der Waals surface area (Å²) in [6.45, 7) is 2.21. The maximum atomic E-state index is 12.4. The number of fused-ring (bicyclic) bond motifs is 1. The van der Waals surface area contributed by atoms with Crippen LogP contribution in [0.15, 0.2) is 59.7 Å². The van der Waals surface area contributed by atoms with Gasteiger partial charge in [-0.15, -0.1) is 0 Å². The van der Waals surface area contributed by atoms with Gasteiger partial charge in [-0.1, -0.05) is 12.1 Å². The number of rotatable bonds is 4. The van der Waals surface area contributed by atoms with E-state index in [1.165, 1.54) is 25.3 Å². The van der Waals surface area contributed by atoms with E-state index in [-0.39, 0.29) is 17.9 Å². The fourth-order valence-electron chi connectivity index (χ4n) is 3.52. The third kappa shape index (κ3) is 3.84. The van der Waals surface area contributed by atoms with E-state index in [4.69, 9.17) is 0 Å². The van der Waals surface area contributed by atoms with Crippen LogP contribution in [-0.2, 0) is 11.3 Å². The van der Waals surface area contributed by atoms with Crippen LogP contribution >= 0.6 is 0 Å². The Morgan fingerprint density at radius 2 is 1.85 bits per heavy atom. The lowest BCUT2D eigenvalue weighted by Gasteiger charge is -2.27. The monoisotopic (exact) mass is 362 g/mol. The van der Waals surface area contributed by atoms with Crippen molar-refractivity contribution in [1.29, 1.82) is 0 Å². The minimum Gasteiger partial charge on any atom is -0.357 e. The third-order valence-electron chi connectivity index (χ3n) is 4.91. The highest BCUT2D eigenvalue weighted by Gasteiger charge is 2.12. The molecule has 2 aromatic heterocycles. The number of pyridine rings is 2. The lowest BCUT2D eigenvalue weighted by atomic mass is 10.1. The van der Waals surface area contributed by atoms with Gasteiger partial charge < -0.3 is 14.8 Å². The Bertz CT molecular complexity index is 1000. The summed E-state index contributed by atoms with van der Waals surface area (Å²) in [4.78, 5) is 31.2. The van der Waals surface area contributed by atoms with E-state index in [9.17, 15) is 9.59 Å². The molecular weight excluding hydrogens is 340 g/mol. The third-order valence-corrected chi connectivity index (χ3v) is 4.91. The Kier molecular flexibility index (Phi) is 4.87. The Balaban J connectivity index is 1.45. The van der Waals surface area contributed by atoms with Gasteiger partial charge in [0, 0.05) is 30.7 Å². The molecule has 0 bridgehead atoms. The predicted molar refractivity (Wildman–Crippen MR) is 107 cm³/mol. The van der Waals surface area contributed by atoms with E-state index >= 15 is 0 Å². The number of hydrogen-bond donors (Lipinski definition) is 1. The molecule has 1 aromatic carbocycles. The Hall–Kier alpha value is -3.15. The summed E-state index contributed by atoms with van der Waals surface area (Å²) >= 11 is 0. The van der Waals surface area contributed by atoms with Crippen molar-refractivity contribution in [2.24, 2.45) is 0 Å². The number of carbonyl (C=O) groups excluding carboxylic acids is 1. The molecule has 0 atom stereocenters. The summed E-state index contributed by atoms with van der Waals surface area (Å²) in [7, 11) is 0. The molecule has 3 heterocycles. The van der Waals surface area contributed by atoms with Crippen molar-refractivity contribution in [2.45, 2.75) is 25.8 Å². The molecule has 0 aliphatic carbocycles. The molecule has 1 aliphatic rings. The fourth-order valence-corrected chi connectivity index (χ4v) is 3.52. The molecule has 1 N–H and O–H groups in total. The summed E-state index contributed by atoms with van der Waals surface area (Å²) < 4.78 is 1.78. The van der Waals surface area contributed by atoms with E-state index in [1.54, 1.807) is 23.0 Å². The van der Waals surface area contributed by atoms with Gasteiger partial charge in [0.15, 0.2) is 5.43 Å². The SMILES string of the molecule is O=C(Cn1ccc(=O)c2ccccc21)Nc1ccc(N2CCCCC2)nc1. The van der Waals surface area contributed by atoms with Crippen molar-refractivity contribution in [1.82, 2.24) is 9.55 Å². The maximum absolute atomic E-state index is 12.4. The van der Waals surface area contributed by atoms with Crippen LogP contribution in [-0.4, -0.2) is 28.5 Å². The molecule has 3 aromatic rings. The molecule has 6 heteroatoms. The second-order valence-electron chi connectivity index (χ2n) is 6.83. The summed E-state index contributed by atoms with van der Waals surface area (Å²) in [6, 6.07) is 12.6. The average Bonchev–Trinajstić information content (AvgIpc) is 2.71. The summed E-state index contributed by atoms with van der Waals surface area (Å²) in [5.41, 5.74) is 1.38. The van der Waals surface area contributed by atoms with Gasteiger partial charge in [-0.05, 0) is 43.5 Å². The van der Waals surface area contributed by atoms with Crippen molar-refractivity contribution in [2.75, 3.05) is 23.3 Å². The van der Waals surface area contributed by atoms with Gasteiger partial charge in [-0.25, -0.2) is 4.98 Å². The van der Waals surface area contributed by atoms with E-state index in [1.807, 2.05) is 30.3 Å². The highest BCUT2D eigenvalue weighted by Crippen LogP contribution is 2.19. The van der Waals surface area contributed by atoms with Crippen LogP contribution in [0.2, 0.25) is 0 Å². The molecule has 27 heavy (non-hydrogen) atoms. The lowest BCUT2D eigenvalue weighted by Crippen LogP contribution is -2.30. The topological polar surface area (TPSA) is 67.2 Å². The number of anilines is 2. The van der Waals surface area contributed by atoms with Crippen molar-refractivity contribution < 1.29 is 4.79 Å². The predicted octanol–water partition coefficient (Wildman–Crippen LogP) is 3.03. The molecule has 1 aliphatic heterocycles. The van der Waals surface area contributed by atoms with Crippen LogP contribution in [0.3, 0.4) is 0 Å². The Morgan fingerprint density at radius 1 is 1.04 bits per heavy atom. The van der Waals surface area contributed by atoms with Crippen LogP contribution in [0.25, 0.3) is 10.9 Å². The smallest absolute Gasteiger partial charge is 0.244 e. The normalized spacial score (nSPS) is 14.3. The summed E-state index contributed by atoms with van der Waals surface area (Å²) in [5, 5.41) is 3.49. The fraction of sp³-hybridized carbons (Fsp3) is 0.286. The van der Waals surface area contributed by atoms with Gasteiger partial charge in [0.1, 0.15) is 12.4 Å². The second-order valence-corrected chi connectivity index (χ2v) is 6.83. The van der Waals surface area contributed by atoms with E-state index in [0.29, 0.717) is 11.1 Å². The van der Waals surface area contributed by atoms with Crippen LogP contribution in [0.1, 0.15) is 19.3 Å². The van der Waals surface area contributed by atoms with Crippen LogP contribution in [0.4, 0.5) is 11.5 Å². The standard InChI is InChI=1S/C21H22N4O2/c26-19-10-13-25(18-7-3-2-6-17(18)19)15-21(27)23-16-8-9-20(22-14-16)24-11-4-1-5-12-24/h2-3,6-10,13-14H,1,4-5,11-12,15H2,(H,23,27). The van der Waals surface area contributed by atoms with Crippen LogP contribution < -0.4 is 15.6 Å². The number of aromatic nitrogens is 2. The molecule has 1 amide bonds. The number of benzene rings is 1. The maximum Gasteiger partial charge on any atom is 0.244 e. The minimum atomic E-state index is -0.156. The van der Waals surface area contributed by atoms with E-state index in [2.05, 4.69) is 15.2 Å². The van der Waals surface area contributed by atoms with Crippen molar-refractivity contribution in [3.05, 3.63) is 65.1 Å². The van der Waals surface area contributed by atoms with Gasteiger partial charge in [-0.3, -0.25) is 9.59 Å². The number of hydrogen-bond acceptors (Lipinski definition) is 4. The molecule has 0 spiro atoms. The van der Waals surface area contributed by atoms with Crippen molar-refractivity contribution in [3.63, 3.8) is 0 Å². The van der Waals surface area contributed by atoms with E-state index < -0.39 is 0 Å². The number of piperidine rings is 1. The lowest BCUT2D eigenvalue weighted by molar-refractivity contribution is -0.116. The van der Waals surface area contributed by atoms with Gasteiger partial charge in [-0.2, -0.15) is 0 Å². The first-order valence-electron chi connectivity index (χ1n) is 9.30. The van der Waals surface area contributed by atoms with Gasteiger partial charge in [0.05, 0.1) is 17.4 Å². The molecular formula is C21H22N4O2. The molecule has 0 saturated carbocycles. The average molecular weight is 362 g/mol. The largest absolute Gasteiger partial charge is 0.357 e. The van der Waals surface area contributed by atoms with Gasteiger partial charge in [0.2, 0.25) is 5.91 Å². The van der Waals surface area contributed by atoms with Crippen LogP contribution in [0.5, 0.6) is 0 Å². The Morgan fingerprint density at radius 3 is 2.63 bits per heavy atom. The summed E-state index contributed by atoms with van der Waals surface area (Å²) in [6.07, 6.45) is 7.04. The minimum absolute atomic E-state index is 0.0419.